The third kappa shape index (κ3) is 7.31. The fourth-order valence-corrected chi connectivity index (χ4v) is 1.34. The molecule has 0 saturated heterocycles. The smallest absolute Gasteiger partial charge is 0.316 e. The first-order valence-corrected chi connectivity index (χ1v) is 6.88. The van der Waals surface area contributed by atoms with Crippen LogP contribution >= 0.6 is 25.3 Å². The summed E-state index contributed by atoms with van der Waals surface area (Å²) < 4.78 is 9.65. The van der Waals surface area contributed by atoms with Crippen molar-refractivity contribution in [2.45, 2.75) is 19.8 Å². The Kier molecular flexibility index (Phi) is 8.66. The van der Waals surface area contributed by atoms with Crippen LogP contribution in [0.4, 0.5) is 0 Å². The molecule has 0 aromatic heterocycles. The summed E-state index contributed by atoms with van der Waals surface area (Å²) in [6.45, 7) is 0.628. The van der Waals surface area contributed by atoms with Gasteiger partial charge >= 0.3 is 17.9 Å². The van der Waals surface area contributed by atoms with Gasteiger partial charge in [0.15, 0.2) is 0 Å². The lowest BCUT2D eigenvalue weighted by atomic mass is 9.93. The lowest BCUT2D eigenvalue weighted by Gasteiger charge is -2.23. The van der Waals surface area contributed by atoms with Crippen LogP contribution in [0.1, 0.15) is 19.8 Å². The van der Waals surface area contributed by atoms with Gasteiger partial charge in [0.05, 0.1) is 12.8 Å². The second kappa shape index (κ2) is 9.08. The van der Waals surface area contributed by atoms with E-state index < -0.39 is 23.3 Å². The van der Waals surface area contributed by atoms with Crippen LogP contribution in [-0.4, -0.2) is 47.7 Å². The van der Waals surface area contributed by atoms with Crippen LogP contribution in [0.15, 0.2) is 0 Å². The van der Waals surface area contributed by atoms with Gasteiger partial charge in [0.25, 0.3) is 0 Å². The molecule has 0 bridgehead atoms. The van der Waals surface area contributed by atoms with Crippen LogP contribution in [0.5, 0.6) is 0 Å². The van der Waals surface area contributed by atoms with Gasteiger partial charge in [0.2, 0.25) is 0 Å². The minimum absolute atomic E-state index is 0.0955. The molecule has 6 nitrogen and oxygen atoms in total. The number of hydrogen-bond acceptors (Lipinski definition) is 7. The normalized spacial score (nSPS) is 10.9. The molecule has 0 saturated carbocycles. The van der Waals surface area contributed by atoms with Crippen molar-refractivity contribution in [2.75, 3.05) is 24.7 Å². The van der Waals surface area contributed by atoms with Crippen molar-refractivity contribution >= 4 is 43.2 Å². The average molecular weight is 310 g/mol. The summed E-state index contributed by atoms with van der Waals surface area (Å²) in [5, 5.41) is 9.11. The Bertz CT molecular complexity index is 309. The number of ether oxygens (including phenoxy) is 2. The van der Waals surface area contributed by atoms with E-state index in [0.717, 1.165) is 0 Å². The minimum atomic E-state index is -1.46. The van der Waals surface area contributed by atoms with E-state index in [-0.39, 0.29) is 26.1 Å². The molecule has 0 fully saturated rings. The first kappa shape index (κ1) is 18.1. The molecular weight excluding hydrogens is 292 g/mol. The van der Waals surface area contributed by atoms with Gasteiger partial charge in [-0.2, -0.15) is 25.3 Å². The third-order valence-electron chi connectivity index (χ3n) is 2.25. The standard InChI is InChI=1S/C11H18O6S2/c1-11(10(14)15,6-16-8(12)2-4-18)7-17-9(13)3-5-19/h18-19H,2-7H2,1H3,(H,14,15). The first-order valence-electron chi connectivity index (χ1n) is 5.62. The highest BCUT2D eigenvalue weighted by atomic mass is 32.1. The fraction of sp³-hybridized carbons (Fsp3) is 0.727. The molecular formula is C11H18O6S2. The summed E-state index contributed by atoms with van der Waals surface area (Å²) in [5.41, 5.74) is -1.46. The maximum absolute atomic E-state index is 11.2. The molecule has 1 N–H and O–H groups in total. The van der Waals surface area contributed by atoms with Gasteiger partial charge in [-0.15, -0.1) is 0 Å². The number of carboxylic acid groups (broad SMARTS) is 1. The lowest BCUT2D eigenvalue weighted by Crippen LogP contribution is -2.39. The number of carboxylic acids is 1. The van der Waals surface area contributed by atoms with Gasteiger partial charge in [0, 0.05) is 11.5 Å². The molecule has 0 aliphatic heterocycles. The predicted octanol–water partition coefficient (Wildman–Crippen LogP) is 0.803. The summed E-state index contributed by atoms with van der Waals surface area (Å²) in [7, 11) is 0. The Morgan fingerprint density at radius 1 is 1.00 bits per heavy atom. The number of hydrogen-bond donors (Lipinski definition) is 3. The molecule has 0 spiro atoms. The number of carbonyl (C=O) groups is 3. The quantitative estimate of drug-likeness (QED) is 0.431. The monoisotopic (exact) mass is 310 g/mol. The Hall–Kier alpha value is -0.890. The minimum Gasteiger partial charge on any atom is -0.481 e. The molecule has 0 unspecified atom stereocenters. The molecule has 0 radical (unpaired) electrons. The highest BCUT2D eigenvalue weighted by molar-refractivity contribution is 7.80. The predicted molar refractivity (Wildman–Crippen MR) is 74.6 cm³/mol. The third-order valence-corrected chi connectivity index (χ3v) is 2.70. The van der Waals surface area contributed by atoms with Gasteiger partial charge in [-0.3, -0.25) is 14.4 Å². The van der Waals surface area contributed by atoms with E-state index in [1.807, 2.05) is 0 Å². The molecule has 8 heteroatoms. The molecule has 19 heavy (non-hydrogen) atoms. The summed E-state index contributed by atoms with van der Waals surface area (Å²) in [6.07, 6.45) is 0.191. The van der Waals surface area contributed by atoms with E-state index in [0.29, 0.717) is 11.5 Å². The van der Waals surface area contributed by atoms with E-state index >= 15 is 0 Å². The zero-order valence-corrected chi connectivity index (χ0v) is 12.4. The summed E-state index contributed by atoms with van der Waals surface area (Å²) in [4.78, 5) is 33.5. The lowest BCUT2D eigenvalue weighted by molar-refractivity contribution is -0.165. The Morgan fingerprint density at radius 2 is 1.37 bits per heavy atom. The van der Waals surface area contributed by atoms with E-state index in [1.54, 1.807) is 0 Å². The maximum Gasteiger partial charge on any atom is 0.316 e. The Morgan fingerprint density at radius 3 is 1.63 bits per heavy atom. The van der Waals surface area contributed by atoms with Crippen molar-refractivity contribution in [3.63, 3.8) is 0 Å². The molecule has 0 heterocycles. The van der Waals surface area contributed by atoms with Gasteiger partial charge < -0.3 is 14.6 Å². The molecule has 0 aliphatic carbocycles. The van der Waals surface area contributed by atoms with Crippen LogP contribution in [0, 0.1) is 5.41 Å². The van der Waals surface area contributed by atoms with Crippen LogP contribution < -0.4 is 0 Å². The first-order chi connectivity index (χ1) is 8.85. The van der Waals surface area contributed by atoms with E-state index in [1.165, 1.54) is 6.92 Å². The Labute approximate surface area is 122 Å². The molecule has 110 valence electrons. The van der Waals surface area contributed by atoms with E-state index in [9.17, 15) is 14.4 Å². The molecule has 0 amide bonds. The highest BCUT2D eigenvalue weighted by Crippen LogP contribution is 2.18. The largest absolute Gasteiger partial charge is 0.481 e. The number of esters is 2. The van der Waals surface area contributed by atoms with E-state index in [4.69, 9.17) is 14.6 Å². The molecule has 0 aromatic carbocycles. The average Bonchev–Trinajstić information content (AvgIpc) is 2.34. The second-order valence-corrected chi connectivity index (χ2v) is 5.03. The van der Waals surface area contributed by atoms with Gasteiger partial charge in [-0.25, -0.2) is 0 Å². The van der Waals surface area contributed by atoms with Crippen LogP contribution in [-0.2, 0) is 23.9 Å². The molecule has 0 aliphatic rings. The Balaban J connectivity index is 4.38. The summed E-state index contributed by atoms with van der Waals surface area (Å²) >= 11 is 7.73. The second-order valence-electron chi connectivity index (χ2n) is 4.13. The number of aliphatic carboxylic acids is 1. The number of rotatable bonds is 9. The van der Waals surface area contributed by atoms with Crippen molar-refractivity contribution in [1.82, 2.24) is 0 Å². The molecule has 0 aromatic rings. The highest BCUT2D eigenvalue weighted by Gasteiger charge is 2.36. The zero-order chi connectivity index (χ0) is 14.9. The number of carbonyl (C=O) groups excluding carboxylic acids is 2. The van der Waals surface area contributed by atoms with Crippen LogP contribution in [0.25, 0.3) is 0 Å². The van der Waals surface area contributed by atoms with Crippen LogP contribution in [0.3, 0.4) is 0 Å². The van der Waals surface area contributed by atoms with Crippen molar-refractivity contribution in [3.8, 4) is 0 Å². The van der Waals surface area contributed by atoms with Crippen LogP contribution in [0.2, 0.25) is 0 Å². The van der Waals surface area contributed by atoms with Crippen molar-refractivity contribution in [1.29, 1.82) is 0 Å². The topological polar surface area (TPSA) is 89.9 Å². The van der Waals surface area contributed by atoms with Gasteiger partial charge in [-0.1, -0.05) is 0 Å². The van der Waals surface area contributed by atoms with Gasteiger partial charge in [0.1, 0.15) is 18.6 Å². The van der Waals surface area contributed by atoms with Crippen molar-refractivity contribution < 1.29 is 29.0 Å². The fourth-order valence-electron chi connectivity index (χ4n) is 0.972. The van der Waals surface area contributed by atoms with Gasteiger partial charge in [-0.05, 0) is 6.92 Å². The van der Waals surface area contributed by atoms with Crippen molar-refractivity contribution in [3.05, 3.63) is 0 Å². The number of thiol groups is 2. The maximum atomic E-state index is 11.2. The van der Waals surface area contributed by atoms with E-state index in [2.05, 4.69) is 25.3 Å². The molecule has 0 atom stereocenters. The summed E-state index contributed by atoms with van der Waals surface area (Å²) in [5.74, 6) is -1.64. The zero-order valence-electron chi connectivity index (χ0n) is 10.6. The summed E-state index contributed by atoms with van der Waals surface area (Å²) in [6, 6.07) is 0. The molecule has 0 rings (SSSR count). The SMILES string of the molecule is CC(COC(=O)CCS)(COC(=O)CCS)C(=O)O. The van der Waals surface area contributed by atoms with Crippen molar-refractivity contribution in [2.24, 2.45) is 5.41 Å².